The highest BCUT2D eigenvalue weighted by atomic mass is 32.2. The van der Waals surface area contributed by atoms with Gasteiger partial charge in [-0.05, 0) is 17.7 Å². The lowest BCUT2D eigenvalue weighted by molar-refractivity contribution is 0.415. The van der Waals surface area contributed by atoms with Gasteiger partial charge in [-0.2, -0.15) is 0 Å². The number of alkyl halides is 1. The molecule has 0 saturated carbocycles. The number of fused-ring (bicyclic) bond motifs is 1. The summed E-state index contributed by atoms with van der Waals surface area (Å²) in [5, 5.41) is 3.91. The van der Waals surface area contributed by atoms with Crippen molar-refractivity contribution in [3.05, 3.63) is 36.0 Å². The van der Waals surface area contributed by atoms with Crippen LogP contribution in [0.1, 0.15) is 0 Å². The maximum atomic E-state index is 12.4. The molecule has 0 spiro atoms. The van der Waals surface area contributed by atoms with E-state index in [1.807, 2.05) is 24.3 Å². The Kier molecular flexibility index (Phi) is 4.36. The van der Waals surface area contributed by atoms with Gasteiger partial charge in [0.15, 0.2) is 0 Å². The first kappa shape index (κ1) is 14.3. The number of rotatable bonds is 5. The summed E-state index contributed by atoms with van der Waals surface area (Å²) in [7, 11) is 1.65. The molecule has 21 heavy (non-hydrogen) atoms. The van der Waals surface area contributed by atoms with E-state index in [0.717, 1.165) is 32.1 Å². The summed E-state index contributed by atoms with van der Waals surface area (Å²) in [6.07, 6.45) is 1.54. The minimum atomic E-state index is -0.363. The molecular formula is C15H13FN2OS2. The van der Waals surface area contributed by atoms with Crippen LogP contribution in [0.2, 0.25) is 0 Å². The van der Waals surface area contributed by atoms with Crippen molar-refractivity contribution in [1.82, 2.24) is 9.97 Å². The summed E-state index contributed by atoms with van der Waals surface area (Å²) in [6, 6.07) is 7.88. The van der Waals surface area contributed by atoms with E-state index in [9.17, 15) is 4.39 Å². The van der Waals surface area contributed by atoms with Crippen molar-refractivity contribution in [2.24, 2.45) is 0 Å². The molecule has 3 rings (SSSR count). The molecule has 0 saturated heterocycles. The van der Waals surface area contributed by atoms with E-state index in [1.165, 1.54) is 18.1 Å². The third kappa shape index (κ3) is 2.87. The molecule has 0 unspecified atom stereocenters. The number of aromatic nitrogens is 2. The van der Waals surface area contributed by atoms with Crippen molar-refractivity contribution < 1.29 is 9.13 Å². The van der Waals surface area contributed by atoms with Gasteiger partial charge >= 0.3 is 0 Å². The van der Waals surface area contributed by atoms with E-state index in [4.69, 9.17) is 4.74 Å². The molecule has 0 aliphatic heterocycles. The number of thioether (sulfide) groups is 1. The highest BCUT2D eigenvalue weighted by molar-refractivity contribution is 7.99. The van der Waals surface area contributed by atoms with Crippen molar-refractivity contribution in [3.8, 4) is 16.9 Å². The second kappa shape index (κ2) is 6.41. The van der Waals surface area contributed by atoms with E-state index in [2.05, 4.69) is 15.3 Å². The average Bonchev–Trinajstić information content (AvgIpc) is 2.97. The molecule has 6 heteroatoms. The molecule has 0 atom stereocenters. The van der Waals surface area contributed by atoms with E-state index >= 15 is 0 Å². The first-order valence-electron chi connectivity index (χ1n) is 6.39. The highest BCUT2D eigenvalue weighted by Crippen LogP contribution is 2.38. The number of nitrogens with zero attached hydrogens (tertiary/aromatic N) is 2. The number of hydrogen-bond acceptors (Lipinski definition) is 5. The van der Waals surface area contributed by atoms with Gasteiger partial charge in [0.05, 0.1) is 19.2 Å². The fourth-order valence-corrected chi connectivity index (χ4v) is 3.80. The van der Waals surface area contributed by atoms with Gasteiger partial charge in [0.25, 0.3) is 0 Å². The van der Waals surface area contributed by atoms with E-state index < -0.39 is 0 Å². The molecule has 0 radical (unpaired) electrons. The lowest BCUT2D eigenvalue weighted by atomic mass is 10.1. The summed E-state index contributed by atoms with van der Waals surface area (Å²) in [4.78, 5) is 9.54. The molecule has 0 aliphatic carbocycles. The molecule has 0 aliphatic rings. The second-order valence-electron chi connectivity index (χ2n) is 4.27. The number of halogens is 1. The predicted octanol–water partition coefficient (Wildman–Crippen LogP) is 4.43. The molecule has 3 nitrogen and oxygen atoms in total. The number of hydrogen-bond donors (Lipinski definition) is 0. The van der Waals surface area contributed by atoms with Crippen LogP contribution in [0.4, 0.5) is 4.39 Å². The average molecular weight is 320 g/mol. The summed E-state index contributed by atoms with van der Waals surface area (Å²) >= 11 is 3.00. The van der Waals surface area contributed by atoms with Crippen LogP contribution in [0.5, 0.6) is 5.75 Å². The lowest BCUT2D eigenvalue weighted by Gasteiger charge is -2.05. The molecular weight excluding hydrogens is 307 g/mol. The van der Waals surface area contributed by atoms with Crippen LogP contribution in [-0.2, 0) is 0 Å². The van der Waals surface area contributed by atoms with Crippen LogP contribution in [-0.4, -0.2) is 29.5 Å². The predicted molar refractivity (Wildman–Crippen MR) is 86.1 cm³/mol. The quantitative estimate of drug-likeness (QED) is 0.514. The number of thiophene rings is 1. The van der Waals surface area contributed by atoms with Crippen LogP contribution >= 0.6 is 23.1 Å². The normalized spacial score (nSPS) is 11.0. The van der Waals surface area contributed by atoms with Crippen LogP contribution in [0.15, 0.2) is 41.0 Å². The third-order valence-corrected chi connectivity index (χ3v) is 4.88. The van der Waals surface area contributed by atoms with Gasteiger partial charge in [-0.1, -0.05) is 12.1 Å². The zero-order valence-electron chi connectivity index (χ0n) is 11.4. The molecule has 0 fully saturated rings. The Morgan fingerprint density at radius 3 is 2.76 bits per heavy atom. The van der Waals surface area contributed by atoms with Crippen molar-refractivity contribution in [3.63, 3.8) is 0 Å². The minimum absolute atomic E-state index is 0.363. The number of ether oxygens (including phenoxy) is 1. The Hall–Kier alpha value is -1.66. The fourth-order valence-electron chi connectivity index (χ4n) is 2.08. The fraction of sp³-hybridized carbons (Fsp3) is 0.200. The van der Waals surface area contributed by atoms with E-state index in [0.29, 0.717) is 5.75 Å². The Balaban J connectivity index is 2.08. The SMILES string of the molecule is COc1ccc(-c2csc3ncnc(SCCF)c23)cc1. The topological polar surface area (TPSA) is 35.0 Å². The first-order valence-corrected chi connectivity index (χ1v) is 8.25. The van der Waals surface area contributed by atoms with Crippen molar-refractivity contribution >= 4 is 33.3 Å². The molecule has 2 heterocycles. The number of methoxy groups -OCH3 is 1. The van der Waals surface area contributed by atoms with Crippen LogP contribution in [0.3, 0.4) is 0 Å². The molecule has 0 amide bonds. The Morgan fingerprint density at radius 1 is 1.24 bits per heavy atom. The third-order valence-electron chi connectivity index (χ3n) is 3.05. The van der Waals surface area contributed by atoms with E-state index in [1.54, 1.807) is 18.4 Å². The molecule has 1 aromatic carbocycles. The smallest absolute Gasteiger partial charge is 0.128 e. The monoisotopic (exact) mass is 320 g/mol. The zero-order valence-corrected chi connectivity index (χ0v) is 13.0. The van der Waals surface area contributed by atoms with Gasteiger partial charge in [0.2, 0.25) is 0 Å². The van der Waals surface area contributed by atoms with Crippen LogP contribution in [0.25, 0.3) is 21.3 Å². The zero-order chi connectivity index (χ0) is 14.7. The minimum Gasteiger partial charge on any atom is -0.497 e. The van der Waals surface area contributed by atoms with Gasteiger partial charge in [-0.3, -0.25) is 4.39 Å². The van der Waals surface area contributed by atoms with Gasteiger partial charge in [-0.25, -0.2) is 9.97 Å². The largest absolute Gasteiger partial charge is 0.497 e. The van der Waals surface area contributed by atoms with Gasteiger partial charge in [-0.15, -0.1) is 23.1 Å². The molecule has 0 bridgehead atoms. The summed E-state index contributed by atoms with van der Waals surface area (Å²) in [6.45, 7) is -0.363. The second-order valence-corrected chi connectivity index (χ2v) is 6.22. The molecule has 108 valence electrons. The number of benzene rings is 1. The lowest BCUT2D eigenvalue weighted by Crippen LogP contribution is -1.88. The first-order chi connectivity index (χ1) is 10.3. The van der Waals surface area contributed by atoms with E-state index in [-0.39, 0.29) is 6.67 Å². The summed E-state index contributed by atoms with van der Waals surface area (Å²) in [5.74, 6) is 1.23. The van der Waals surface area contributed by atoms with Crippen molar-refractivity contribution in [2.75, 3.05) is 19.5 Å². The molecule has 3 aromatic rings. The van der Waals surface area contributed by atoms with Crippen LogP contribution in [0, 0.1) is 0 Å². The van der Waals surface area contributed by atoms with Gasteiger partial charge in [0, 0.05) is 16.7 Å². The summed E-state index contributed by atoms with van der Waals surface area (Å²) < 4.78 is 17.6. The van der Waals surface area contributed by atoms with Crippen molar-refractivity contribution in [2.45, 2.75) is 5.03 Å². The maximum Gasteiger partial charge on any atom is 0.128 e. The molecule has 2 aromatic heterocycles. The van der Waals surface area contributed by atoms with Gasteiger partial charge < -0.3 is 4.74 Å². The standard InChI is InChI=1S/C15H13FN2OS2/c1-19-11-4-2-10(3-5-11)12-8-21-15-13(12)14(17-9-18-15)20-7-6-16/h2-5,8-9H,6-7H2,1H3. The Bertz CT molecular complexity index is 743. The summed E-state index contributed by atoms with van der Waals surface area (Å²) in [5.41, 5.74) is 2.17. The Morgan fingerprint density at radius 2 is 2.05 bits per heavy atom. The highest BCUT2D eigenvalue weighted by Gasteiger charge is 2.13. The Labute approximate surface area is 130 Å². The van der Waals surface area contributed by atoms with Crippen LogP contribution < -0.4 is 4.74 Å². The molecule has 0 N–H and O–H groups in total. The maximum absolute atomic E-state index is 12.4. The van der Waals surface area contributed by atoms with Gasteiger partial charge in [0.1, 0.15) is 21.9 Å². The van der Waals surface area contributed by atoms with Crippen molar-refractivity contribution in [1.29, 1.82) is 0 Å².